The molecule has 0 fully saturated rings. The molecular weight excluding hydrogens is 148 g/mol. The van der Waals surface area contributed by atoms with E-state index in [2.05, 4.69) is 34.9 Å². The van der Waals surface area contributed by atoms with Gasteiger partial charge in [-0.3, -0.25) is 0 Å². The largest absolute Gasteiger partial charge is 0.387 e. The Morgan fingerprint density at radius 1 is 1.17 bits per heavy atom. The quantitative estimate of drug-likeness (QED) is 0.554. The number of hydrogen-bond acceptors (Lipinski definition) is 2. The smallest absolute Gasteiger partial charge is 0.0269 e. The SMILES string of the molecule is C1=CCC2=C(C=C1)CNCCN2. The highest BCUT2D eigenvalue weighted by Gasteiger charge is 2.07. The molecule has 0 unspecified atom stereocenters. The minimum absolute atomic E-state index is 1.00. The summed E-state index contributed by atoms with van der Waals surface area (Å²) in [5.41, 5.74) is 2.78. The van der Waals surface area contributed by atoms with E-state index in [4.69, 9.17) is 0 Å². The van der Waals surface area contributed by atoms with E-state index in [9.17, 15) is 0 Å². The van der Waals surface area contributed by atoms with Gasteiger partial charge in [0.25, 0.3) is 0 Å². The molecule has 0 atom stereocenters. The fourth-order valence-corrected chi connectivity index (χ4v) is 1.54. The summed E-state index contributed by atoms with van der Waals surface area (Å²) in [5, 5.41) is 6.81. The van der Waals surface area contributed by atoms with E-state index >= 15 is 0 Å². The van der Waals surface area contributed by atoms with Gasteiger partial charge in [0.2, 0.25) is 0 Å². The average Bonchev–Trinajstić information content (AvgIpc) is 2.38. The Morgan fingerprint density at radius 2 is 2.17 bits per heavy atom. The number of hydrogen-bond donors (Lipinski definition) is 2. The third-order valence-corrected chi connectivity index (χ3v) is 2.21. The highest BCUT2D eigenvalue weighted by molar-refractivity contribution is 5.33. The molecule has 0 aromatic carbocycles. The van der Waals surface area contributed by atoms with Crippen molar-refractivity contribution in [1.82, 2.24) is 10.6 Å². The molecule has 0 aromatic rings. The molecular formula is C10H14N2. The molecule has 0 spiro atoms. The van der Waals surface area contributed by atoms with Gasteiger partial charge in [-0.2, -0.15) is 0 Å². The van der Waals surface area contributed by atoms with Gasteiger partial charge >= 0.3 is 0 Å². The van der Waals surface area contributed by atoms with Crippen molar-refractivity contribution in [2.24, 2.45) is 0 Å². The summed E-state index contributed by atoms with van der Waals surface area (Å²) < 4.78 is 0. The van der Waals surface area contributed by atoms with E-state index < -0.39 is 0 Å². The van der Waals surface area contributed by atoms with Crippen LogP contribution in [0, 0.1) is 0 Å². The third kappa shape index (κ3) is 1.59. The van der Waals surface area contributed by atoms with Crippen LogP contribution in [0.25, 0.3) is 0 Å². The molecule has 0 bridgehead atoms. The summed E-state index contributed by atoms with van der Waals surface area (Å²) >= 11 is 0. The van der Waals surface area contributed by atoms with Gasteiger partial charge in [-0.15, -0.1) is 0 Å². The molecule has 0 saturated carbocycles. The van der Waals surface area contributed by atoms with Gasteiger partial charge < -0.3 is 10.6 Å². The molecule has 2 aliphatic rings. The van der Waals surface area contributed by atoms with E-state index in [0.717, 1.165) is 26.1 Å². The normalized spacial score (nSPS) is 22.7. The second kappa shape index (κ2) is 3.59. The van der Waals surface area contributed by atoms with Crippen molar-refractivity contribution in [2.75, 3.05) is 19.6 Å². The van der Waals surface area contributed by atoms with Crippen LogP contribution in [0.4, 0.5) is 0 Å². The van der Waals surface area contributed by atoms with Crippen molar-refractivity contribution in [3.8, 4) is 0 Å². The first-order valence-corrected chi connectivity index (χ1v) is 4.46. The lowest BCUT2D eigenvalue weighted by molar-refractivity contribution is 0.715. The van der Waals surface area contributed by atoms with E-state index in [1.54, 1.807) is 0 Å². The summed E-state index contributed by atoms with van der Waals surface area (Å²) in [6.45, 7) is 3.10. The number of allylic oxidation sites excluding steroid dienone is 3. The Kier molecular flexibility index (Phi) is 2.28. The van der Waals surface area contributed by atoms with Crippen LogP contribution >= 0.6 is 0 Å². The first-order valence-electron chi connectivity index (χ1n) is 4.46. The van der Waals surface area contributed by atoms with Crippen molar-refractivity contribution >= 4 is 0 Å². The average molecular weight is 162 g/mol. The van der Waals surface area contributed by atoms with Crippen LogP contribution in [0.2, 0.25) is 0 Å². The zero-order chi connectivity index (χ0) is 8.23. The molecule has 0 aromatic heterocycles. The molecule has 1 heterocycles. The van der Waals surface area contributed by atoms with E-state index in [-0.39, 0.29) is 0 Å². The zero-order valence-corrected chi connectivity index (χ0v) is 7.14. The lowest BCUT2D eigenvalue weighted by Crippen LogP contribution is -2.22. The molecule has 2 rings (SSSR count). The topological polar surface area (TPSA) is 24.1 Å². The predicted molar refractivity (Wildman–Crippen MR) is 50.8 cm³/mol. The molecule has 2 heteroatoms. The first kappa shape index (κ1) is 7.62. The van der Waals surface area contributed by atoms with E-state index in [0.29, 0.717) is 0 Å². The van der Waals surface area contributed by atoms with Gasteiger partial charge in [0, 0.05) is 31.8 Å². The van der Waals surface area contributed by atoms with Crippen LogP contribution in [-0.2, 0) is 0 Å². The van der Waals surface area contributed by atoms with E-state index in [1.807, 2.05) is 0 Å². The van der Waals surface area contributed by atoms with Crippen molar-refractivity contribution in [1.29, 1.82) is 0 Å². The van der Waals surface area contributed by atoms with Crippen LogP contribution in [0.5, 0.6) is 0 Å². The second-order valence-corrected chi connectivity index (χ2v) is 3.10. The summed E-state index contributed by atoms with van der Waals surface area (Å²) in [4.78, 5) is 0. The molecule has 1 aliphatic heterocycles. The third-order valence-electron chi connectivity index (χ3n) is 2.21. The van der Waals surface area contributed by atoms with Gasteiger partial charge in [0.1, 0.15) is 0 Å². The standard InChI is InChI=1S/C10H14N2/c1-2-4-9-8-11-6-7-12-10(9)5-3-1/h1-4,11-12H,5-8H2. The summed E-state index contributed by atoms with van der Waals surface area (Å²) in [6.07, 6.45) is 9.64. The van der Waals surface area contributed by atoms with Crippen LogP contribution in [-0.4, -0.2) is 19.6 Å². The second-order valence-electron chi connectivity index (χ2n) is 3.10. The van der Waals surface area contributed by atoms with Crippen LogP contribution in [0.3, 0.4) is 0 Å². The van der Waals surface area contributed by atoms with Crippen molar-refractivity contribution in [3.05, 3.63) is 35.6 Å². The minimum Gasteiger partial charge on any atom is -0.387 e. The van der Waals surface area contributed by atoms with Gasteiger partial charge in [-0.25, -0.2) is 0 Å². The molecule has 2 N–H and O–H groups in total. The highest BCUT2D eigenvalue weighted by atomic mass is 15.0. The zero-order valence-electron chi connectivity index (χ0n) is 7.14. The van der Waals surface area contributed by atoms with Gasteiger partial charge in [0.15, 0.2) is 0 Å². The molecule has 0 amide bonds. The molecule has 2 nitrogen and oxygen atoms in total. The maximum absolute atomic E-state index is 3.44. The Hall–Kier alpha value is -1.02. The molecule has 64 valence electrons. The summed E-state index contributed by atoms with van der Waals surface area (Å²) in [5.74, 6) is 0. The van der Waals surface area contributed by atoms with Crippen molar-refractivity contribution in [3.63, 3.8) is 0 Å². The summed E-state index contributed by atoms with van der Waals surface area (Å²) in [6, 6.07) is 0. The number of nitrogens with one attached hydrogen (secondary N) is 2. The lowest BCUT2D eigenvalue weighted by Gasteiger charge is -2.07. The Balaban J connectivity index is 2.22. The van der Waals surface area contributed by atoms with Gasteiger partial charge in [-0.1, -0.05) is 24.3 Å². The molecule has 0 radical (unpaired) electrons. The maximum atomic E-state index is 3.44. The van der Waals surface area contributed by atoms with E-state index in [1.165, 1.54) is 11.3 Å². The fourth-order valence-electron chi connectivity index (χ4n) is 1.54. The Bertz CT molecular complexity index is 249. The summed E-state index contributed by atoms with van der Waals surface area (Å²) in [7, 11) is 0. The minimum atomic E-state index is 1.00. The Labute approximate surface area is 73.0 Å². The first-order chi connectivity index (χ1) is 5.97. The predicted octanol–water partition coefficient (Wildman–Crippen LogP) is 0.949. The molecule has 0 saturated heterocycles. The fraction of sp³-hybridized carbons (Fsp3) is 0.400. The van der Waals surface area contributed by atoms with Gasteiger partial charge in [-0.05, 0) is 5.57 Å². The van der Waals surface area contributed by atoms with Crippen LogP contribution < -0.4 is 10.6 Å². The van der Waals surface area contributed by atoms with Crippen LogP contribution in [0.1, 0.15) is 6.42 Å². The number of rotatable bonds is 0. The molecule has 12 heavy (non-hydrogen) atoms. The molecule has 1 aliphatic carbocycles. The van der Waals surface area contributed by atoms with Crippen molar-refractivity contribution < 1.29 is 0 Å². The Morgan fingerprint density at radius 3 is 3.17 bits per heavy atom. The highest BCUT2D eigenvalue weighted by Crippen LogP contribution is 2.12. The van der Waals surface area contributed by atoms with Gasteiger partial charge in [0.05, 0.1) is 0 Å². The monoisotopic (exact) mass is 162 g/mol. The lowest BCUT2D eigenvalue weighted by atomic mass is 10.1. The van der Waals surface area contributed by atoms with Crippen LogP contribution in [0.15, 0.2) is 35.6 Å². The van der Waals surface area contributed by atoms with Crippen molar-refractivity contribution in [2.45, 2.75) is 6.42 Å². The maximum Gasteiger partial charge on any atom is 0.0269 e.